The Kier molecular flexibility index (Phi) is 5.29. The van der Waals surface area contributed by atoms with Crippen LogP contribution < -0.4 is 10.6 Å². The molecule has 1 aromatic heterocycles. The molecule has 6 heteroatoms. The van der Waals surface area contributed by atoms with Gasteiger partial charge in [-0.15, -0.1) is 0 Å². The third-order valence-corrected chi connectivity index (χ3v) is 2.80. The van der Waals surface area contributed by atoms with Crippen molar-refractivity contribution in [1.82, 2.24) is 15.6 Å². The smallest absolute Gasteiger partial charge is 0.326 e. The summed E-state index contributed by atoms with van der Waals surface area (Å²) in [6.45, 7) is 5.72. The Labute approximate surface area is 112 Å². The van der Waals surface area contributed by atoms with Crippen LogP contribution in [0.3, 0.4) is 0 Å². The normalized spacial score (nSPS) is 12.0. The first-order chi connectivity index (χ1) is 8.91. The van der Waals surface area contributed by atoms with E-state index < -0.39 is 18.0 Å². The van der Waals surface area contributed by atoms with Crippen LogP contribution in [0.1, 0.15) is 25.0 Å². The van der Waals surface area contributed by atoms with Crippen LogP contribution in [0.5, 0.6) is 0 Å². The SMILES string of the molecule is Cc1cnccc1CNC(=O)NC(C(=O)O)C(C)C. The number of pyridine rings is 1. The minimum absolute atomic E-state index is 0.175. The first-order valence-corrected chi connectivity index (χ1v) is 6.08. The van der Waals surface area contributed by atoms with Gasteiger partial charge in [0.15, 0.2) is 0 Å². The Morgan fingerprint density at radius 1 is 1.42 bits per heavy atom. The molecule has 104 valence electrons. The van der Waals surface area contributed by atoms with E-state index in [0.29, 0.717) is 6.54 Å². The van der Waals surface area contributed by atoms with E-state index in [9.17, 15) is 9.59 Å². The summed E-state index contributed by atoms with van der Waals surface area (Å²) in [6.07, 6.45) is 3.36. The summed E-state index contributed by atoms with van der Waals surface area (Å²) >= 11 is 0. The first kappa shape index (κ1) is 14.9. The van der Waals surface area contributed by atoms with Gasteiger partial charge in [0.2, 0.25) is 0 Å². The molecule has 0 spiro atoms. The number of aryl methyl sites for hydroxylation is 1. The lowest BCUT2D eigenvalue weighted by Crippen LogP contribution is -2.48. The van der Waals surface area contributed by atoms with Crippen LogP contribution in [0.15, 0.2) is 18.5 Å². The fourth-order valence-corrected chi connectivity index (χ4v) is 1.58. The number of carbonyl (C=O) groups is 2. The van der Waals surface area contributed by atoms with E-state index in [4.69, 9.17) is 5.11 Å². The van der Waals surface area contributed by atoms with E-state index in [1.165, 1.54) is 0 Å². The molecule has 0 fully saturated rings. The van der Waals surface area contributed by atoms with Crippen molar-refractivity contribution in [1.29, 1.82) is 0 Å². The monoisotopic (exact) mass is 265 g/mol. The van der Waals surface area contributed by atoms with Crippen molar-refractivity contribution in [2.24, 2.45) is 5.92 Å². The minimum atomic E-state index is -1.04. The Bertz CT molecular complexity index is 460. The maximum atomic E-state index is 11.6. The molecule has 0 bridgehead atoms. The van der Waals surface area contributed by atoms with E-state index in [1.54, 1.807) is 26.2 Å². The number of nitrogens with one attached hydrogen (secondary N) is 2. The van der Waals surface area contributed by atoms with Crippen molar-refractivity contribution >= 4 is 12.0 Å². The number of aromatic nitrogens is 1. The van der Waals surface area contributed by atoms with Gasteiger partial charge in [0.05, 0.1) is 0 Å². The van der Waals surface area contributed by atoms with Gasteiger partial charge in [-0.2, -0.15) is 0 Å². The third kappa shape index (κ3) is 4.57. The molecule has 1 rings (SSSR count). The van der Waals surface area contributed by atoms with Crippen molar-refractivity contribution in [3.8, 4) is 0 Å². The largest absolute Gasteiger partial charge is 0.480 e. The fraction of sp³-hybridized carbons (Fsp3) is 0.462. The van der Waals surface area contributed by atoms with E-state index in [0.717, 1.165) is 11.1 Å². The predicted octanol–water partition coefficient (Wildman–Crippen LogP) is 1.30. The molecular formula is C13H19N3O3. The first-order valence-electron chi connectivity index (χ1n) is 6.08. The molecule has 0 aliphatic carbocycles. The summed E-state index contributed by atoms with van der Waals surface area (Å²) in [5, 5.41) is 14.1. The molecule has 19 heavy (non-hydrogen) atoms. The molecule has 1 aromatic rings. The number of nitrogens with zero attached hydrogens (tertiary/aromatic N) is 1. The molecule has 1 heterocycles. The van der Waals surface area contributed by atoms with Gasteiger partial charge < -0.3 is 15.7 Å². The van der Waals surface area contributed by atoms with Gasteiger partial charge in [-0.05, 0) is 30.0 Å². The number of rotatable bonds is 5. The Hall–Kier alpha value is -2.11. The van der Waals surface area contributed by atoms with Gasteiger partial charge in [-0.1, -0.05) is 13.8 Å². The molecule has 0 saturated heterocycles. The van der Waals surface area contributed by atoms with Gasteiger partial charge in [0.25, 0.3) is 0 Å². The zero-order valence-corrected chi connectivity index (χ0v) is 11.3. The van der Waals surface area contributed by atoms with E-state index >= 15 is 0 Å². The number of aliphatic carboxylic acids is 1. The lowest BCUT2D eigenvalue weighted by Gasteiger charge is -2.18. The van der Waals surface area contributed by atoms with Gasteiger partial charge in [0, 0.05) is 18.9 Å². The van der Waals surface area contributed by atoms with Crippen molar-refractivity contribution in [2.45, 2.75) is 33.4 Å². The highest BCUT2D eigenvalue weighted by atomic mass is 16.4. The molecule has 0 radical (unpaired) electrons. The van der Waals surface area contributed by atoms with Gasteiger partial charge in [-0.25, -0.2) is 9.59 Å². The number of carboxylic acids is 1. The van der Waals surface area contributed by atoms with Crippen molar-refractivity contribution in [3.63, 3.8) is 0 Å². The van der Waals surface area contributed by atoms with Crippen molar-refractivity contribution in [2.75, 3.05) is 0 Å². The Morgan fingerprint density at radius 3 is 2.63 bits per heavy atom. The minimum Gasteiger partial charge on any atom is -0.480 e. The summed E-state index contributed by atoms with van der Waals surface area (Å²) in [5.41, 5.74) is 1.92. The van der Waals surface area contributed by atoms with Crippen LogP contribution in [0.2, 0.25) is 0 Å². The highest BCUT2D eigenvalue weighted by Crippen LogP contribution is 2.04. The van der Waals surface area contributed by atoms with Crippen LogP contribution >= 0.6 is 0 Å². The molecule has 3 N–H and O–H groups in total. The molecule has 0 aliphatic heterocycles. The number of hydrogen-bond acceptors (Lipinski definition) is 3. The van der Waals surface area contributed by atoms with E-state index in [1.807, 2.05) is 13.0 Å². The average molecular weight is 265 g/mol. The van der Waals surface area contributed by atoms with Crippen molar-refractivity contribution in [3.05, 3.63) is 29.6 Å². The second-order valence-electron chi connectivity index (χ2n) is 4.69. The number of urea groups is 1. The highest BCUT2D eigenvalue weighted by molar-refractivity contribution is 5.82. The number of amides is 2. The molecule has 1 unspecified atom stereocenters. The second kappa shape index (κ2) is 6.72. The Balaban J connectivity index is 2.52. The summed E-state index contributed by atoms with van der Waals surface area (Å²) in [4.78, 5) is 26.6. The summed E-state index contributed by atoms with van der Waals surface area (Å²) in [5.74, 6) is -1.21. The maximum Gasteiger partial charge on any atom is 0.326 e. The van der Waals surface area contributed by atoms with Gasteiger partial charge in [0.1, 0.15) is 6.04 Å². The molecule has 0 aliphatic rings. The predicted molar refractivity (Wildman–Crippen MR) is 70.6 cm³/mol. The highest BCUT2D eigenvalue weighted by Gasteiger charge is 2.23. The summed E-state index contributed by atoms with van der Waals surface area (Å²) in [6, 6.07) is 0.433. The zero-order valence-electron chi connectivity index (χ0n) is 11.3. The molecule has 6 nitrogen and oxygen atoms in total. The quantitative estimate of drug-likeness (QED) is 0.748. The van der Waals surface area contributed by atoms with Crippen LogP contribution in [0.4, 0.5) is 4.79 Å². The second-order valence-corrected chi connectivity index (χ2v) is 4.69. The van der Waals surface area contributed by atoms with E-state index in [-0.39, 0.29) is 5.92 Å². The topological polar surface area (TPSA) is 91.3 Å². The lowest BCUT2D eigenvalue weighted by atomic mass is 10.1. The van der Waals surface area contributed by atoms with Gasteiger partial charge in [-0.3, -0.25) is 4.98 Å². The molecule has 0 saturated carbocycles. The summed E-state index contributed by atoms with van der Waals surface area (Å²) in [7, 11) is 0. The third-order valence-electron chi connectivity index (χ3n) is 2.80. The Morgan fingerprint density at radius 2 is 2.11 bits per heavy atom. The molecule has 0 aromatic carbocycles. The molecule has 1 atom stereocenters. The van der Waals surface area contributed by atoms with Crippen molar-refractivity contribution < 1.29 is 14.7 Å². The van der Waals surface area contributed by atoms with Crippen LogP contribution in [0, 0.1) is 12.8 Å². The number of carbonyl (C=O) groups excluding carboxylic acids is 1. The van der Waals surface area contributed by atoms with Gasteiger partial charge >= 0.3 is 12.0 Å². The molecule has 2 amide bonds. The number of carboxylic acid groups (broad SMARTS) is 1. The molecular weight excluding hydrogens is 246 g/mol. The number of hydrogen-bond donors (Lipinski definition) is 3. The van der Waals surface area contributed by atoms with Crippen LogP contribution in [-0.2, 0) is 11.3 Å². The summed E-state index contributed by atoms with van der Waals surface area (Å²) < 4.78 is 0. The maximum absolute atomic E-state index is 11.6. The zero-order chi connectivity index (χ0) is 14.4. The standard InChI is InChI=1S/C13H19N3O3/c1-8(2)11(12(17)18)16-13(19)15-7-10-4-5-14-6-9(10)3/h4-6,8,11H,7H2,1-3H3,(H,17,18)(H2,15,16,19). The average Bonchev–Trinajstić information content (AvgIpc) is 2.34. The van der Waals surface area contributed by atoms with E-state index in [2.05, 4.69) is 15.6 Å². The fourth-order valence-electron chi connectivity index (χ4n) is 1.58. The van der Waals surface area contributed by atoms with Crippen LogP contribution in [0.25, 0.3) is 0 Å². The van der Waals surface area contributed by atoms with Crippen LogP contribution in [-0.4, -0.2) is 28.1 Å². The lowest BCUT2D eigenvalue weighted by molar-refractivity contribution is -0.140.